The molecule has 0 saturated carbocycles. The molecule has 150 valence electrons. The maximum atomic E-state index is 14.5. The second-order valence-electron chi connectivity index (χ2n) is 7.20. The molecule has 2 aliphatic heterocycles. The molecule has 1 aromatic heterocycles. The third-order valence-corrected chi connectivity index (χ3v) is 6.32. The lowest BCUT2D eigenvalue weighted by Gasteiger charge is -2.29. The fraction of sp³-hybridized carbons (Fsp3) is 0.421. The molecule has 2 aliphatic rings. The Morgan fingerprint density at radius 2 is 1.93 bits per heavy atom. The van der Waals surface area contributed by atoms with Crippen molar-refractivity contribution in [2.45, 2.75) is 30.7 Å². The third-order valence-electron chi connectivity index (χ3n) is 5.25. The summed E-state index contributed by atoms with van der Waals surface area (Å²) < 4.78 is 30.8. The normalized spacial score (nSPS) is 23.1. The molecule has 4 N–H and O–H groups in total. The lowest BCUT2D eigenvalue weighted by atomic mass is 10.1. The summed E-state index contributed by atoms with van der Waals surface area (Å²) in [6, 6.07) is 4.10. The fourth-order valence-corrected chi connectivity index (χ4v) is 4.93. The Morgan fingerprint density at radius 3 is 2.68 bits per heavy atom. The van der Waals surface area contributed by atoms with E-state index in [0.29, 0.717) is 5.03 Å². The number of benzene rings is 1. The second kappa shape index (κ2) is 7.63. The molecule has 6 nitrogen and oxygen atoms in total. The van der Waals surface area contributed by atoms with Crippen molar-refractivity contribution in [3.63, 3.8) is 0 Å². The van der Waals surface area contributed by atoms with Crippen LogP contribution in [-0.2, 0) is 7.05 Å². The van der Waals surface area contributed by atoms with Crippen molar-refractivity contribution in [2.24, 2.45) is 18.5 Å². The van der Waals surface area contributed by atoms with Gasteiger partial charge in [0.25, 0.3) is 0 Å². The predicted molar refractivity (Wildman–Crippen MR) is 109 cm³/mol. The van der Waals surface area contributed by atoms with Gasteiger partial charge in [0.2, 0.25) is 0 Å². The van der Waals surface area contributed by atoms with E-state index in [0.717, 1.165) is 43.9 Å². The van der Waals surface area contributed by atoms with Gasteiger partial charge in [0.15, 0.2) is 5.82 Å². The molecule has 9 heteroatoms. The molecule has 2 atom stereocenters. The van der Waals surface area contributed by atoms with Gasteiger partial charge in [-0.3, -0.25) is 4.68 Å². The molecule has 2 unspecified atom stereocenters. The minimum atomic E-state index is -0.626. The number of hydrogen-bond donors (Lipinski definition) is 2. The Kier molecular flexibility index (Phi) is 5.20. The van der Waals surface area contributed by atoms with Crippen molar-refractivity contribution in [1.29, 1.82) is 0 Å². The van der Waals surface area contributed by atoms with Crippen LogP contribution in [0.1, 0.15) is 30.2 Å². The Bertz CT molecular complexity index is 878. The Morgan fingerprint density at radius 1 is 1.18 bits per heavy atom. The molecule has 0 radical (unpaired) electrons. The van der Waals surface area contributed by atoms with Gasteiger partial charge in [-0.05, 0) is 31.4 Å². The van der Waals surface area contributed by atoms with E-state index < -0.39 is 17.0 Å². The van der Waals surface area contributed by atoms with Crippen LogP contribution >= 0.6 is 11.8 Å². The van der Waals surface area contributed by atoms with Crippen LogP contribution in [-0.4, -0.2) is 28.9 Å². The van der Waals surface area contributed by atoms with E-state index in [2.05, 4.69) is 10.00 Å². The van der Waals surface area contributed by atoms with Gasteiger partial charge < -0.3 is 21.3 Å². The van der Waals surface area contributed by atoms with E-state index in [-0.39, 0.29) is 11.6 Å². The van der Waals surface area contributed by atoms with Gasteiger partial charge in [-0.1, -0.05) is 17.8 Å². The molecule has 0 bridgehead atoms. The van der Waals surface area contributed by atoms with E-state index in [1.807, 2.05) is 11.9 Å². The molecular weight excluding hydrogens is 382 g/mol. The zero-order valence-electron chi connectivity index (χ0n) is 15.7. The summed E-state index contributed by atoms with van der Waals surface area (Å²) in [4.78, 5) is 4.06. The van der Waals surface area contributed by atoms with Crippen LogP contribution in [0.25, 0.3) is 0 Å². The third kappa shape index (κ3) is 3.44. The Labute approximate surface area is 167 Å². The van der Waals surface area contributed by atoms with Crippen molar-refractivity contribution in [1.82, 2.24) is 9.78 Å². The number of hydrogen-bond acceptors (Lipinski definition) is 6. The molecule has 1 saturated heterocycles. The molecular formula is C19H24F2N6S. The molecule has 0 amide bonds. The Balaban J connectivity index is 1.74. The summed E-state index contributed by atoms with van der Waals surface area (Å²) in [5.41, 5.74) is 12.9. The highest BCUT2D eigenvalue weighted by molar-refractivity contribution is 8.03. The maximum Gasteiger partial charge on any atom is 0.150 e. The van der Waals surface area contributed by atoms with Crippen LogP contribution < -0.4 is 21.3 Å². The van der Waals surface area contributed by atoms with Gasteiger partial charge in [-0.2, -0.15) is 5.10 Å². The van der Waals surface area contributed by atoms with Crippen molar-refractivity contribution in [3.8, 4) is 0 Å². The highest BCUT2D eigenvalue weighted by Gasteiger charge is 2.35. The van der Waals surface area contributed by atoms with Crippen molar-refractivity contribution >= 4 is 23.3 Å². The highest BCUT2D eigenvalue weighted by Crippen LogP contribution is 2.48. The first-order valence-electron chi connectivity index (χ1n) is 9.34. The number of rotatable bonds is 3. The summed E-state index contributed by atoms with van der Waals surface area (Å²) in [6.07, 6.45) is 6.32. The van der Waals surface area contributed by atoms with Gasteiger partial charge in [0.1, 0.15) is 22.7 Å². The average Bonchev–Trinajstić information content (AvgIpc) is 3.13. The van der Waals surface area contributed by atoms with Gasteiger partial charge in [-0.15, -0.1) is 0 Å². The van der Waals surface area contributed by atoms with Crippen molar-refractivity contribution < 1.29 is 8.78 Å². The first-order valence-corrected chi connectivity index (χ1v) is 10.2. The first-order chi connectivity index (χ1) is 13.5. The summed E-state index contributed by atoms with van der Waals surface area (Å²) in [5.74, 6) is -0.268. The first kappa shape index (κ1) is 19.1. The van der Waals surface area contributed by atoms with Crippen LogP contribution in [0.5, 0.6) is 0 Å². The molecule has 28 heavy (non-hydrogen) atoms. The zero-order valence-corrected chi connectivity index (χ0v) is 16.5. The lowest BCUT2D eigenvalue weighted by Crippen LogP contribution is -2.30. The molecule has 4 rings (SSSR count). The zero-order chi connectivity index (χ0) is 19.8. The topological polar surface area (TPSA) is 76.3 Å². The maximum absolute atomic E-state index is 14.5. The summed E-state index contributed by atoms with van der Waals surface area (Å²) in [7, 11) is 1.87. The standard InChI is InChI=1S/C19H24F2N6S/c1-25-18(26-8-3-4-12(22)7-9-26)15(10-24-25)27-11-16(23)28-19(27)17-13(20)5-2-6-14(17)21/h2,5-6,10-12,19H,3-4,7-9,22-23H2,1H3. The molecule has 1 fully saturated rings. The number of aryl methyl sites for hydroxylation is 1. The smallest absolute Gasteiger partial charge is 0.150 e. The molecule has 3 heterocycles. The molecule has 2 aromatic rings. The summed E-state index contributed by atoms with van der Waals surface area (Å²) in [5, 5.41) is 4.29. The van der Waals surface area contributed by atoms with Crippen molar-refractivity contribution in [2.75, 3.05) is 22.9 Å². The van der Waals surface area contributed by atoms with E-state index >= 15 is 0 Å². The quantitative estimate of drug-likeness (QED) is 0.816. The van der Waals surface area contributed by atoms with Gasteiger partial charge in [-0.25, -0.2) is 8.78 Å². The number of nitrogens with two attached hydrogens (primary N) is 2. The summed E-state index contributed by atoms with van der Waals surface area (Å²) >= 11 is 1.23. The number of nitrogens with zero attached hydrogens (tertiary/aromatic N) is 4. The monoisotopic (exact) mass is 406 g/mol. The van der Waals surface area contributed by atoms with Crippen LogP contribution in [0.3, 0.4) is 0 Å². The van der Waals surface area contributed by atoms with E-state index in [4.69, 9.17) is 11.5 Å². The van der Waals surface area contributed by atoms with Crippen LogP contribution in [0.4, 0.5) is 20.3 Å². The average molecular weight is 407 g/mol. The van der Waals surface area contributed by atoms with Crippen LogP contribution in [0.2, 0.25) is 0 Å². The number of thioether (sulfide) groups is 1. The largest absolute Gasteiger partial charge is 0.392 e. The van der Waals surface area contributed by atoms with Gasteiger partial charge in [0.05, 0.1) is 16.8 Å². The summed E-state index contributed by atoms with van der Waals surface area (Å²) in [6.45, 7) is 1.67. The van der Waals surface area contributed by atoms with Crippen LogP contribution in [0, 0.1) is 11.6 Å². The van der Waals surface area contributed by atoms with E-state index in [1.165, 1.54) is 30.0 Å². The number of aromatic nitrogens is 2. The van der Waals surface area contributed by atoms with Crippen LogP contribution in [0.15, 0.2) is 35.6 Å². The highest BCUT2D eigenvalue weighted by atomic mass is 32.2. The van der Waals surface area contributed by atoms with E-state index in [9.17, 15) is 8.78 Å². The SMILES string of the molecule is Cn1ncc(N2C=C(N)SC2c2c(F)cccc2F)c1N1CCCC(N)CC1. The van der Waals surface area contributed by atoms with Crippen molar-refractivity contribution in [3.05, 3.63) is 52.8 Å². The van der Waals surface area contributed by atoms with Gasteiger partial charge >= 0.3 is 0 Å². The lowest BCUT2D eigenvalue weighted by molar-refractivity contribution is 0.554. The number of anilines is 2. The minimum absolute atomic E-state index is 0.00288. The molecule has 0 aliphatic carbocycles. The molecule has 0 spiro atoms. The predicted octanol–water partition coefficient (Wildman–Crippen LogP) is 3.03. The minimum Gasteiger partial charge on any atom is -0.392 e. The Hall–Kier alpha value is -2.26. The van der Waals surface area contributed by atoms with E-state index in [1.54, 1.807) is 17.1 Å². The number of halogens is 2. The fourth-order valence-electron chi connectivity index (χ4n) is 3.86. The molecule has 1 aromatic carbocycles. The van der Waals surface area contributed by atoms with Gasteiger partial charge in [0, 0.05) is 32.4 Å². The second-order valence-corrected chi connectivity index (χ2v) is 8.35.